The number of aliphatic hydroxyl groups excluding tert-OH is 1. The molecule has 0 radical (unpaired) electrons. The fourth-order valence-corrected chi connectivity index (χ4v) is 5.29. The Hall–Kier alpha value is -3.93. The number of carbonyl (C=O) groups excluding carboxylic acids is 1. The van der Waals surface area contributed by atoms with Gasteiger partial charge in [-0.25, -0.2) is 18.0 Å². The number of H-pyrrole nitrogens is 1. The molecule has 1 heterocycles. The van der Waals surface area contributed by atoms with Crippen LogP contribution in [0.3, 0.4) is 0 Å². The van der Waals surface area contributed by atoms with Crippen LogP contribution in [0.1, 0.15) is 42.3 Å². The van der Waals surface area contributed by atoms with Crippen molar-refractivity contribution in [2.24, 2.45) is 0 Å². The minimum absolute atomic E-state index is 0.151. The summed E-state index contributed by atoms with van der Waals surface area (Å²) in [5.74, 6) is -0.478. The lowest BCUT2D eigenvalue weighted by molar-refractivity contribution is 0.0601. The molecule has 0 amide bonds. The molecule has 0 saturated heterocycles. The van der Waals surface area contributed by atoms with Gasteiger partial charge in [0.05, 0.1) is 34.7 Å². The van der Waals surface area contributed by atoms with E-state index in [2.05, 4.69) is 15.0 Å². The number of hydrogen-bond donors (Lipinski definition) is 4. The first-order chi connectivity index (χ1) is 18.5. The zero-order chi connectivity index (χ0) is 28.2. The number of β-amino-alcohol motifs (C(OH)–C–C–N with tert-alkyl or cyclic N) is 1. The molecule has 3 aromatic carbocycles. The second-order valence-corrected chi connectivity index (χ2v) is 11.6. The predicted octanol–water partition coefficient (Wildman–Crippen LogP) is 3.41. The third kappa shape index (κ3) is 6.75. The number of aliphatic hydroxyl groups is 1. The summed E-state index contributed by atoms with van der Waals surface area (Å²) in [6, 6.07) is 19.6. The number of nitrogens with zero attached hydrogens (tertiary/aromatic N) is 1. The molecule has 10 nitrogen and oxygen atoms in total. The fraction of sp³-hybridized carbons (Fsp3) is 0.286. The molecule has 1 aromatic heterocycles. The Kier molecular flexibility index (Phi) is 8.24. The topological polar surface area (TPSA) is 143 Å². The van der Waals surface area contributed by atoms with Gasteiger partial charge in [-0.3, -0.25) is 9.29 Å². The van der Waals surface area contributed by atoms with E-state index in [0.717, 1.165) is 0 Å². The molecular weight excluding hydrogens is 520 g/mol. The third-order valence-corrected chi connectivity index (χ3v) is 7.90. The zero-order valence-corrected chi connectivity index (χ0v) is 22.8. The summed E-state index contributed by atoms with van der Waals surface area (Å²) in [6.45, 7) is 4.56. The highest BCUT2D eigenvalue weighted by Gasteiger charge is 2.21. The van der Waals surface area contributed by atoms with Crippen molar-refractivity contribution in [1.29, 1.82) is 0 Å². The maximum atomic E-state index is 12.6. The average Bonchev–Trinajstić information content (AvgIpc) is 3.24. The molecule has 0 spiro atoms. The summed E-state index contributed by atoms with van der Waals surface area (Å²) in [4.78, 5) is 27.3. The molecule has 0 aliphatic rings. The summed E-state index contributed by atoms with van der Waals surface area (Å²) in [7, 11) is -2.45. The van der Waals surface area contributed by atoms with E-state index in [1.54, 1.807) is 65.2 Å². The van der Waals surface area contributed by atoms with Crippen molar-refractivity contribution in [3.63, 3.8) is 0 Å². The number of methoxy groups -OCH3 is 1. The lowest BCUT2D eigenvalue weighted by atomic mass is 9.99. The molecule has 0 aliphatic heterocycles. The highest BCUT2D eigenvalue weighted by molar-refractivity contribution is 7.92. The van der Waals surface area contributed by atoms with E-state index in [1.165, 1.54) is 19.2 Å². The predicted molar refractivity (Wildman–Crippen MR) is 149 cm³/mol. The van der Waals surface area contributed by atoms with Crippen molar-refractivity contribution in [2.45, 2.75) is 43.4 Å². The minimum atomic E-state index is -3.75. The molecule has 4 aromatic rings. The van der Waals surface area contributed by atoms with Crippen LogP contribution in [0.5, 0.6) is 0 Å². The molecule has 11 heteroatoms. The summed E-state index contributed by atoms with van der Waals surface area (Å²) in [6.07, 6.45) is -0.319. The van der Waals surface area contributed by atoms with E-state index >= 15 is 0 Å². The van der Waals surface area contributed by atoms with Gasteiger partial charge in [0, 0.05) is 24.3 Å². The van der Waals surface area contributed by atoms with E-state index in [9.17, 15) is 23.1 Å². The van der Waals surface area contributed by atoms with Crippen LogP contribution >= 0.6 is 0 Å². The van der Waals surface area contributed by atoms with Gasteiger partial charge in [-0.15, -0.1) is 0 Å². The van der Waals surface area contributed by atoms with Gasteiger partial charge in [0.25, 0.3) is 10.0 Å². The number of hydrogen-bond acceptors (Lipinski definition) is 7. The number of aromatic nitrogens is 2. The van der Waals surface area contributed by atoms with Gasteiger partial charge in [-0.05, 0) is 68.3 Å². The number of aryl methyl sites for hydroxylation is 1. The van der Waals surface area contributed by atoms with Crippen LogP contribution < -0.4 is 15.7 Å². The molecule has 39 heavy (non-hydrogen) atoms. The molecule has 0 bridgehead atoms. The van der Waals surface area contributed by atoms with Crippen LogP contribution in [0, 0.1) is 0 Å². The van der Waals surface area contributed by atoms with Crippen LogP contribution in [0.15, 0.2) is 82.5 Å². The zero-order valence-electron chi connectivity index (χ0n) is 22.0. The second-order valence-electron chi connectivity index (χ2n) is 9.88. The molecule has 4 rings (SSSR count). The number of fused-ring (bicyclic) bond motifs is 1. The number of ether oxygens (including phenoxy) is 1. The van der Waals surface area contributed by atoms with Gasteiger partial charge in [0.15, 0.2) is 0 Å². The van der Waals surface area contributed by atoms with Crippen LogP contribution in [0.2, 0.25) is 0 Å². The molecule has 0 aliphatic carbocycles. The SMILES string of the molecule is COC(=O)c1ccc2c(c1)[nH]c(=O)n2CCC(C)(C)NCC(O)c1cccc(NS(=O)(=O)c2ccccc2)c1. The highest BCUT2D eigenvalue weighted by atomic mass is 32.2. The lowest BCUT2D eigenvalue weighted by Gasteiger charge is -2.28. The quantitative estimate of drug-likeness (QED) is 0.209. The largest absolute Gasteiger partial charge is 0.465 e. The van der Waals surface area contributed by atoms with Crippen LogP contribution in [0.4, 0.5) is 5.69 Å². The molecule has 0 fully saturated rings. The van der Waals surface area contributed by atoms with Crippen molar-refractivity contribution in [2.75, 3.05) is 18.4 Å². The van der Waals surface area contributed by atoms with Crippen LogP contribution in [-0.4, -0.2) is 48.2 Å². The number of imidazole rings is 1. The summed E-state index contributed by atoms with van der Waals surface area (Å²) < 4.78 is 34.2. The number of aromatic amines is 1. The standard InChI is InChI=1S/C28H32N4O6S/c1-28(2,14-15-32-24-13-12-20(26(34)38-3)17-23(24)30-27(32)35)29-18-25(33)19-8-7-9-21(16-19)31-39(36,37)22-10-5-4-6-11-22/h4-13,16-17,25,29,31,33H,14-15,18H2,1-3H3,(H,30,35). The van der Waals surface area contributed by atoms with Crippen molar-refractivity contribution >= 4 is 32.7 Å². The summed E-state index contributed by atoms with van der Waals surface area (Å²) >= 11 is 0. The van der Waals surface area contributed by atoms with Gasteiger partial charge >= 0.3 is 11.7 Å². The number of sulfonamides is 1. The van der Waals surface area contributed by atoms with Gasteiger partial charge in [-0.1, -0.05) is 30.3 Å². The normalized spacial score (nSPS) is 12.8. The van der Waals surface area contributed by atoms with Crippen molar-refractivity contribution < 1.29 is 23.1 Å². The first kappa shape index (κ1) is 28.1. The number of nitrogens with one attached hydrogen (secondary N) is 3. The van der Waals surface area contributed by atoms with E-state index in [1.807, 2.05) is 13.8 Å². The molecular formula is C28H32N4O6S. The van der Waals surface area contributed by atoms with E-state index < -0.39 is 27.6 Å². The van der Waals surface area contributed by atoms with Gasteiger partial charge in [0.2, 0.25) is 0 Å². The van der Waals surface area contributed by atoms with E-state index in [0.29, 0.717) is 40.8 Å². The Morgan fingerprint density at radius 2 is 1.82 bits per heavy atom. The fourth-order valence-electron chi connectivity index (χ4n) is 4.22. The number of rotatable bonds is 11. The average molecular weight is 553 g/mol. The van der Waals surface area contributed by atoms with E-state index in [-0.39, 0.29) is 17.1 Å². The van der Waals surface area contributed by atoms with Gasteiger partial charge in [0.1, 0.15) is 0 Å². The maximum Gasteiger partial charge on any atom is 0.337 e. The Balaban J connectivity index is 1.38. The van der Waals surface area contributed by atoms with Gasteiger partial charge < -0.3 is 20.1 Å². The Bertz CT molecular complexity index is 1630. The molecule has 4 N–H and O–H groups in total. The Labute approximate surface area is 226 Å². The highest BCUT2D eigenvalue weighted by Crippen LogP contribution is 2.22. The third-order valence-electron chi connectivity index (χ3n) is 6.51. The molecule has 1 atom stereocenters. The Morgan fingerprint density at radius 3 is 2.54 bits per heavy atom. The van der Waals surface area contributed by atoms with Gasteiger partial charge in [-0.2, -0.15) is 0 Å². The molecule has 0 saturated carbocycles. The second kappa shape index (κ2) is 11.4. The lowest BCUT2D eigenvalue weighted by Crippen LogP contribution is -2.42. The Morgan fingerprint density at radius 1 is 1.08 bits per heavy atom. The first-order valence-corrected chi connectivity index (χ1v) is 13.9. The number of anilines is 1. The summed E-state index contributed by atoms with van der Waals surface area (Å²) in [5, 5.41) is 14.2. The summed E-state index contributed by atoms with van der Waals surface area (Å²) in [5.41, 5.74) is 1.77. The number of benzene rings is 3. The minimum Gasteiger partial charge on any atom is -0.465 e. The van der Waals surface area contributed by atoms with Crippen LogP contribution in [0.25, 0.3) is 11.0 Å². The monoisotopic (exact) mass is 552 g/mol. The number of carbonyl (C=O) groups is 1. The molecule has 1 unspecified atom stereocenters. The smallest absolute Gasteiger partial charge is 0.337 e. The first-order valence-electron chi connectivity index (χ1n) is 12.4. The van der Waals surface area contributed by atoms with E-state index in [4.69, 9.17) is 4.74 Å². The van der Waals surface area contributed by atoms with Crippen molar-refractivity contribution in [3.05, 3.63) is 94.4 Å². The van der Waals surface area contributed by atoms with Crippen LogP contribution in [-0.2, 0) is 21.3 Å². The molecule has 206 valence electrons. The van der Waals surface area contributed by atoms with Crippen molar-refractivity contribution in [1.82, 2.24) is 14.9 Å². The van der Waals surface area contributed by atoms with Crippen molar-refractivity contribution in [3.8, 4) is 0 Å². The maximum absolute atomic E-state index is 12.6. The number of esters is 1.